The van der Waals surface area contributed by atoms with Crippen LogP contribution in [0.2, 0.25) is 0 Å². The number of aliphatic hydroxyl groups excluding tert-OH is 1. The Bertz CT molecular complexity index is 490. The average molecular weight is 282 g/mol. The summed E-state index contributed by atoms with van der Waals surface area (Å²) in [6, 6.07) is 2.82. The number of carbonyl (C=O) groups is 3. The molecule has 1 rings (SSSR count). The van der Waals surface area contributed by atoms with Gasteiger partial charge in [0.2, 0.25) is 0 Å². The van der Waals surface area contributed by atoms with Crippen molar-refractivity contribution in [3.63, 3.8) is 0 Å². The summed E-state index contributed by atoms with van der Waals surface area (Å²) in [6.45, 7) is 0.594. The van der Waals surface area contributed by atoms with Crippen LogP contribution in [-0.2, 0) is 14.4 Å². The number of carboxylic acid groups (broad SMARTS) is 1. The zero-order chi connectivity index (χ0) is 15.1. The lowest BCUT2D eigenvalue weighted by molar-refractivity contribution is -0.190. The molecule has 0 saturated heterocycles. The topological polar surface area (TPSA) is 117 Å². The van der Waals surface area contributed by atoms with Crippen LogP contribution in [0.1, 0.15) is 23.8 Å². The molecular formula is C12H14N2O6. The molecule has 8 nitrogen and oxygen atoms in total. The fourth-order valence-corrected chi connectivity index (χ4v) is 1.32. The van der Waals surface area contributed by atoms with Crippen LogP contribution in [0.25, 0.3) is 0 Å². The Balaban J connectivity index is 2.93. The van der Waals surface area contributed by atoms with E-state index >= 15 is 0 Å². The molecule has 0 saturated carbocycles. The summed E-state index contributed by atoms with van der Waals surface area (Å²) in [7, 11) is 0. The minimum atomic E-state index is -1.66. The van der Waals surface area contributed by atoms with E-state index in [2.05, 4.69) is 4.98 Å². The van der Waals surface area contributed by atoms with Crippen molar-refractivity contribution in [2.75, 3.05) is 6.61 Å². The summed E-state index contributed by atoms with van der Waals surface area (Å²) >= 11 is 0. The number of pyridine rings is 1. The van der Waals surface area contributed by atoms with Crippen LogP contribution < -0.4 is 0 Å². The number of aromatic nitrogens is 1. The fraction of sp³-hybridized carbons (Fsp3) is 0.333. The Kier molecular flexibility index (Phi) is 5.60. The lowest BCUT2D eigenvalue weighted by Crippen LogP contribution is -2.48. The number of aliphatic hydroxyl groups is 1. The zero-order valence-corrected chi connectivity index (χ0v) is 10.7. The van der Waals surface area contributed by atoms with Crippen molar-refractivity contribution >= 4 is 17.8 Å². The lowest BCUT2D eigenvalue weighted by atomic mass is 10.3. The van der Waals surface area contributed by atoms with E-state index in [4.69, 9.17) is 15.1 Å². The van der Waals surface area contributed by atoms with Crippen LogP contribution >= 0.6 is 0 Å². The standard InChI is InChI=1S/C12H14N2O6/c1-2-10(16)14(9(7-15)11(17)18)20-12(19)8-5-3-4-6-13-8/h3-6,9,15H,2,7H2,1H3,(H,17,18)/t9-/m0/s1. The van der Waals surface area contributed by atoms with E-state index in [0.29, 0.717) is 5.06 Å². The molecule has 108 valence electrons. The molecule has 0 spiro atoms. The number of carbonyl (C=O) groups excluding carboxylic acids is 2. The smallest absolute Gasteiger partial charge is 0.381 e. The summed E-state index contributed by atoms with van der Waals surface area (Å²) in [5, 5.41) is 18.3. The van der Waals surface area contributed by atoms with E-state index in [1.54, 1.807) is 6.07 Å². The first-order valence-corrected chi connectivity index (χ1v) is 5.80. The SMILES string of the molecule is CCC(=O)N(OC(=O)c1ccccn1)[C@@H](CO)C(=O)O. The first-order valence-electron chi connectivity index (χ1n) is 5.80. The molecular weight excluding hydrogens is 268 g/mol. The van der Waals surface area contributed by atoms with Crippen molar-refractivity contribution in [2.45, 2.75) is 19.4 Å². The molecule has 1 aromatic rings. The van der Waals surface area contributed by atoms with Gasteiger partial charge in [-0.3, -0.25) is 4.79 Å². The van der Waals surface area contributed by atoms with Gasteiger partial charge in [-0.2, -0.15) is 5.06 Å². The Hall–Kier alpha value is -2.48. The van der Waals surface area contributed by atoms with Crippen LogP contribution in [0.3, 0.4) is 0 Å². The molecule has 0 aliphatic rings. The highest BCUT2D eigenvalue weighted by Crippen LogP contribution is 2.08. The van der Waals surface area contributed by atoms with Gasteiger partial charge in [-0.1, -0.05) is 13.0 Å². The van der Waals surface area contributed by atoms with Gasteiger partial charge in [0, 0.05) is 12.6 Å². The molecule has 0 aliphatic heterocycles. The maximum Gasteiger partial charge on any atom is 0.381 e. The number of rotatable bonds is 5. The Labute approximate surface area is 114 Å². The number of nitrogens with zero attached hydrogens (tertiary/aromatic N) is 2. The maximum atomic E-state index is 11.8. The Morgan fingerprint density at radius 1 is 1.40 bits per heavy atom. The molecule has 1 amide bonds. The highest BCUT2D eigenvalue weighted by molar-refractivity contribution is 5.89. The van der Waals surface area contributed by atoms with Gasteiger partial charge in [-0.05, 0) is 12.1 Å². The Morgan fingerprint density at radius 3 is 2.55 bits per heavy atom. The molecule has 0 bridgehead atoms. The number of amides is 1. The third-order valence-electron chi connectivity index (χ3n) is 2.34. The molecule has 20 heavy (non-hydrogen) atoms. The monoisotopic (exact) mass is 282 g/mol. The number of aliphatic carboxylic acids is 1. The van der Waals surface area contributed by atoms with Crippen LogP contribution in [0, 0.1) is 0 Å². The fourth-order valence-electron chi connectivity index (χ4n) is 1.32. The number of carboxylic acids is 1. The zero-order valence-electron chi connectivity index (χ0n) is 10.7. The van der Waals surface area contributed by atoms with Crippen LogP contribution in [0.15, 0.2) is 24.4 Å². The number of hydrogen-bond donors (Lipinski definition) is 2. The van der Waals surface area contributed by atoms with E-state index in [9.17, 15) is 14.4 Å². The summed E-state index contributed by atoms with van der Waals surface area (Å²) in [5.41, 5.74) is -0.0801. The van der Waals surface area contributed by atoms with Crippen LogP contribution in [0.4, 0.5) is 0 Å². The third-order valence-corrected chi connectivity index (χ3v) is 2.34. The van der Waals surface area contributed by atoms with Crippen molar-refractivity contribution in [2.24, 2.45) is 0 Å². The molecule has 0 aliphatic carbocycles. The molecule has 0 unspecified atom stereocenters. The summed E-state index contributed by atoms with van der Waals surface area (Å²) in [4.78, 5) is 42.8. The van der Waals surface area contributed by atoms with E-state index in [1.165, 1.54) is 25.3 Å². The van der Waals surface area contributed by atoms with E-state index in [0.717, 1.165) is 0 Å². The predicted octanol–water partition coefficient (Wildman–Crippen LogP) is -0.163. The maximum absolute atomic E-state index is 11.8. The Morgan fingerprint density at radius 2 is 2.10 bits per heavy atom. The molecule has 2 N–H and O–H groups in total. The van der Waals surface area contributed by atoms with E-state index in [1.807, 2.05) is 0 Å². The second-order valence-electron chi connectivity index (χ2n) is 3.70. The van der Waals surface area contributed by atoms with E-state index < -0.39 is 30.5 Å². The van der Waals surface area contributed by atoms with Crippen molar-refractivity contribution in [3.05, 3.63) is 30.1 Å². The first-order chi connectivity index (χ1) is 9.51. The van der Waals surface area contributed by atoms with Crippen molar-refractivity contribution in [1.82, 2.24) is 10.0 Å². The highest BCUT2D eigenvalue weighted by atomic mass is 16.7. The van der Waals surface area contributed by atoms with Gasteiger partial charge in [-0.15, -0.1) is 0 Å². The number of hydroxylamine groups is 2. The van der Waals surface area contributed by atoms with Gasteiger partial charge in [0.15, 0.2) is 11.7 Å². The molecule has 1 aromatic heterocycles. The highest BCUT2D eigenvalue weighted by Gasteiger charge is 2.32. The van der Waals surface area contributed by atoms with Crippen LogP contribution in [0.5, 0.6) is 0 Å². The van der Waals surface area contributed by atoms with Gasteiger partial charge in [0.1, 0.15) is 0 Å². The summed E-state index contributed by atoms with van der Waals surface area (Å²) in [5.74, 6) is -3.20. The minimum absolute atomic E-state index is 0.0801. The first kappa shape index (κ1) is 15.6. The van der Waals surface area contributed by atoms with Gasteiger partial charge in [-0.25, -0.2) is 14.6 Å². The van der Waals surface area contributed by atoms with Crippen molar-refractivity contribution in [1.29, 1.82) is 0 Å². The second kappa shape index (κ2) is 7.19. The largest absolute Gasteiger partial charge is 0.480 e. The second-order valence-corrected chi connectivity index (χ2v) is 3.70. The minimum Gasteiger partial charge on any atom is -0.480 e. The average Bonchev–Trinajstić information content (AvgIpc) is 2.46. The lowest BCUT2D eigenvalue weighted by Gasteiger charge is -2.25. The quantitative estimate of drug-likeness (QED) is 0.720. The van der Waals surface area contributed by atoms with E-state index in [-0.39, 0.29) is 12.1 Å². The van der Waals surface area contributed by atoms with Gasteiger partial charge < -0.3 is 15.1 Å². The number of hydrogen-bond acceptors (Lipinski definition) is 6. The third kappa shape index (κ3) is 3.75. The molecule has 0 aromatic carbocycles. The molecule has 8 heteroatoms. The normalized spacial score (nSPS) is 11.5. The molecule has 0 radical (unpaired) electrons. The van der Waals surface area contributed by atoms with Crippen molar-refractivity contribution < 1.29 is 29.4 Å². The van der Waals surface area contributed by atoms with Gasteiger partial charge in [0.25, 0.3) is 5.91 Å². The predicted molar refractivity (Wildman–Crippen MR) is 65.3 cm³/mol. The molecule has 0 fully saturated rings. The molecule has 1 atom stereocenters. The summed E-state index contributed by atoms with van der Waals surface area (Å²) in [6.07, 6.45) is 1.27. The van der Waals surface area contributed by atoms with Crippen LogP contribution in [-0.4, -0.2) is 50.8 Å². The van der Waals surface area contributed by atoms with Gasteiger partial charge in [0.05, 0.1) is 6.61 Å². The molecule has 1 heterocycles. The van der Waals surface area contributed by atoms with Gasteiger partial charge >= 0.3 is 11.9 Å². The van der Waals surface area contributed by atoms with Crippen molar-refractivity contribution in [3.8, 4) is 0 Å². The summed E-state index contributed by atoms with van der Waals surface area (Å²) < 4.78 is 0.